The molecule has 0 aromatic heterocycles. The lowest BCUT2D eigenvalue weighted by atomic mass is 9.63. The van der Waals surface area contributed by atoms with E-state index >= 15 is 0 Å². The van der Waals surface area contributed by atoms with E-state index in [1.165, 1.54) is 18.6 Å². The van der Waals surface area contributed by atoms with Gasteiger partial charge in [0.15, 0.2) is 7.28 Å². The molecule has 2 heterocycles. The molecule has 1 fully saturated rings. The quantitative estimate of drug-likeness (QED) is 0.595. The summed E-state index contributed by atoms with van der Waals surface area (Å²) in [4.78, 5) is 4.72. The number of aliphatic imine (C=N–C) groups is 1. The topological polar surface area (TPSA) is 24.4 Å². The summed E-state index contributed by atoms with van der Waals surface area (Å²) in [6.45, 7) is 6.65. The van der Waals surface area contributed by atoms with Gasteiger partial charge in [0.1, 0.15) is 0 Å². The Bertz CT molecular complexity index is 268. The molecule has 0 bridgehead atoms. The number of allylic oxidation sites excluding steroid dienone is 1. The van der Waals surface area contributed by atoms with Gasteiger partial charge in [-0.1, -0.05) is 19.4 Å². The van der Waals surface area contributed by atoms with E-state index < -0.39 is 0 Å². The van der Waals surface area contributed by atoms with Crippen molar-refractivity contribution in [1.29, 1.82) is 0 Å². The predicted octanol–water partition coefficient (Wildman–Crippen LogP) is 1.16. The zero-order valence-electron chi connectivity index (χ0n) is 8.67. The van der Waals surface area contributed by atoms with Gasteiger partial charge in [0, 0.05) is 5.71 Å². The van der Waals surface area contributed by atoms with Crippen molar-refractivity contribution in [3.05, 3.63) is 11.6 Å². The highest BCUT2D eigenvalue weighted by atomic mass is 15.1. The summed E-state index contributed by atoms with van der Waals surface area (Å²) in [7, 11) is 1.25. The van der Waals surface area contributed by atoms with Crippen molar-refractivity contribution in [1.82, 2.24) is 5.32 Å². The van der Waals surface area contributed by atoms with Gasteiger partial charge in [-0.3, -0.25) is 4.99 Å². The molecule has 70 valence electrons. The molecule has 3 heteroatoms. The molecule has 1 N–H and O–H groups in total. The first-order chi connectivity index (χ1) is 6.18. The number of hydrogen-bond acceptors (Lipinski definition) is 2. The molecule has 2 aliphatic rings. The van der Waals surface area contributed by atoms with Gasteiger partial charge in [-0.2, -0.15) is 0 Å². The lowest BCUT2D eigenvalue weighted by molar-refractivity contribution is 0.594. The van der Waals surface area contributed by atoms with Gasteiger partial charge in [-0.05, 0) is 31.2 Å². The van der Waals surface area contributed by atoms with Crippen LogP contribution >= 0.6 is 0 Å². The van der Waals surface area contributed by atoms with E-state index in [4.69, 9.17) is 4.99 Å². The maximum atomic E-state index is 4.72. The lowest BCUT2D eigenvalue weighted by Crippen LogP contribution is -2.28. The van der Waals surface area contributed by atoms with Gasteiger partial charge >= 0.3 is 0 Å². The van der Waals surface area contributed by atoms with Crippen LogP contribution in [0.5, 0.6) is 0 Å². The lowest BCUT2D eigenvalue weighted by Gasteiger charge is -2.24. The van der Waals surface area contributed by atoms with Crippen LogP contribution < -0.4 is 5.32 Å². The molecule has 0 aliphatic carbocycles. The average Bonchev–Trinajstić information content (AvgIpc) is 2.51. The molecule has 0 saturated carbocycles. The first-order valence-corrected chi connectivity index (χ1v) is 5.18. The minimum absolute atomic E-state index is 0.377. The Hall–Kier alpha value is -0.565. The van der Waals surface area contributed by atoms with Crippen molar-refractivity contribution >= 4 is 13.0 Å². The summed E-state index contributed by atoms with van der Waals surface area (Å²) in [5.74, 6) is 1.22. The van der Waals surface area contributed by atoms with E-state index in [0.717, 1.165) is 6.44 Å². The Morgan fingerprint density at radius 1 is 1.62 bits per heavy atom. The van der Waals surface area contributed by atoms with Gasteiger partial charge < -0.3 is 5.32 Å². The molecular weight excluding hydrogens is 159 g/mol. The van der Waals surface area contributed by atoms with Gasteiger partial charge in [0.2, 0.25) is 0 Å². The molecule has 2 nitrogen and oxygen atoms in total. The monoisotopic (exact) mass is 176 g/mol. The predicted molar refractivity (Wildman–Crippen MR) is 58.7 cm³/mol. The van der Waals surface area contributed by atoms with Gasteiger partial charge in [-0.15, -0.1) is 0 Å². The summed E-state index contributed by atoms with van der Waals surface area (Å²) in [5.41, 5.74) is 2.77. The Balaban J connectivity index is 2.25. The third-order valence-electron chi connectivity index (χ3n) is 3.03. The van der Waals surface area contributed by atoms with Gasteiger partial charge in [0.25, 0.3) is 0 Å². The van der Waals surface area contributed by atoms with E-state index in [1.54, 1.807) is 0 Å². The van der Waals surface area contributed by atoms with Crippen LogP contribution in [-0.2, 0) is 0 Å². The molecule has 13 heavy (non-hydrogen) atoms. The summed E-state index contributed by atoms with van der Waals surface area (Å²) >= 11 is 0. The number of rotatable bonds is 1. The number of hydrogen-bond donors (Lipinski definition) is 1. The fourth-order valence-electron chi connectivity index (χ4n) is 2.15. The minimum Gasteiger partial charge on any atom is -0.304 e. The van der Waals surface area contributed by atoms with Crippen molar-refractivity contribution in [2.75, 3.05) is 6.44 Å². The Morgan fingerprint density at radius 3 is 3.08 bits per heavy atom. The van der Waals surface area contributed by atoms with Crippen LogP contribution in [0, 0.1) is 5.92 Å². The maximum absolute atomic E-state index is 4.72. The van der Waals surface area contributed by atoms with Crippen LogP contribution in [0.3, 0.4) is 0 Å². The van der Waals surface area contributed by atoms with Crippen LogP contribution in [0.2, 0.25) is 5.82 Å². The van der Waals surface area contributed by atoms with Crippen molar-refractivity contribution < 1.29 is 0 Å². The second-order valence-electron chi connectivity index (χ2n) is 4.39. The SMILES string of the molecule is CC1=CC(C(C)C)=NC2NCBC12. The zero-order chi connectivity index (χ0) is 9.42. The van der Waals surface area contributed by atoms with Crippen molar-refractivity contribution in [2.24, 2.45) is 10.9 Å². The van der Waals surface area contributed by atoms with E-state index in [2.05, 4.69) is 32.2 Å². The van der Waals surface area contributed by atoms with Crippen LogP contribution in [0.1, 0.15) is 20.8 Å². The molecule has 0 radical (unpaired) electrons. The molecule has 2 atom stereocenters. The van der Waals surface area contributed by atoms with Crippen LogP contribution in [0.15, 0.2) is 16.6 Å². The largest absolute Gasteiger partial charge is 0.304 e. The van der Waals surface area contributed by atoms with E-state index in [1.807, 2.05) is 0 Å². The molecule has 2 aliphatic heterocycles. The van der Waals surface area contributed by atoms with Gasteiger partial charge in [-0.25, -0.2) is 0 Å². The maximum Gasteiger partial charge on any atom is 0.150 e. The van der Waals surface area contributed by atoms with E-state index in [-0.39, 0.29) is 0 Å². The standard InChI is InChI=1S/C10H17BN2/c1-6(2)8-4-7(3)9-10(13-8)12-5-11-9/h4,6,9-12H,5H2,1-3H3. The van der Waals surface area contributed by atoms with E-state index in [0.29, 0.717) is 17.9 Å². The molecule has 2 rings (SSSR count). The Morgan fingerprint density at radius 2 is 2.38 bits per heavy atom. The fraction of sp³-hybridized carbons (Fsp3) is 0.700. The van der Waals surface area contributed by atoms with E-state index in [9.17, 15) is 0 Å². The molecule has 0 aromatic rings. The minimum atomic E-state index is 0.377. The molecule has 0 amide bonds. The highest BCUT2D eigenvalue weighted by Gasteiger charge is 2.31. The number of nitrogens with one attached hydrogen (secondary N) is 1. The second kappa shape index (κ2) is 3.30. The second-order valence-corrected chi connectivity index (χ2v) is 4.39. The summed E-state index contributed by atoms with van der Waals surface area (Å²) < 4.78 is 0. The first-order valence-electron chi connectivity index (χ1n) is 5.18. The summed E-state index contributed by atoms with van der Waals surface area (Å²) in [5, 5.41) is 3.45. The Labute approximate surface area is 80.8 Å². The van der Waals surface area contributed by atoms with Crippen LogP contribution in [-0.4, -0.2) is 25.6 Å². The summed E-state index contributed by atoms with van der Waals surface area (Å²) in [6.07, 6.45) is 3.77. The zero-order valence-corrected chi connectivity index (χ0v) is 8.67. The third-order valence-corrected chi connectivity index (χ3v) is 3.03. The molecular formula is C10H17BN2. The third kappa shape index (κ3) is 1.57. The average molecular weight is 176 g/mol. The first kappa shape index (κ1) is 9.01. The fourth-order valence-corrected chi connectivity index (χ4v) is 2.15. The van der Waals surface area contributed by atoms with Crippen LogP contribution in [0.25, 0.3) is 0 Å². The summed E-state index contributed by atoms with van der Waals surface area (Å²) in [6, 6.07) is 0. The smallest absolute Gasteiger partial charge is 0.150 e. The molecule has 2 unspecified atom stereocenters. The van der Waals surface area contributed by atoms with Crippen molar-refractivity contribution in [2.45, 2.75) is 32.8 Å². The van der Waals surface area contributed by atoms with Crippen molar-refractivity contribution in [3.8, 4) is 0 Å². The molecule has 0 aromatic carbocycles. The van der Waals surface area contributed by atoms with Gasteiger partial charge in [0.05, 0.1) is 6.17 Å². The Kier molecular flexibility index (Phi) is 2.28. The molecule has 0 spiro atoms. The molecule has 1 saturated heterocycles. The number of nitrogens with zero attached hydrogens (tertiary/aromatic N) is 1. The normalized spacial score (nSPS) is 32.3. The number of dihydropyridines is 1. The highest BCUT2D eigenvalue weighted by molar-refractivity contribution is 6.41. The number of fused-ring (bicyclic) bond motifs is 1. The van der Waals surface area contributed by atoms with Crippen molar-refractivity contribution in [3.63, 3.8) is 0 Å². The highest BCUT2D eigenvalue weighted by Crippen LogP contribution is 2.29. The van der Waals surface area contributed by atoms with Crippen LogP contribution in [0.4, 0.5) is 0 Å².